The highest BCUT2D eigenvalue weighted by Crippen LogP contribution is 2.15. The van der Waals surface area contributed by atoms with E-state index in [-0.39, 0.29) is 25.0 Å². The molecule has 1 fully saturated rings. The van der Waals surface area contributed by atoms with Crippen molar-refractivity contribution < 1.29 is 19.1 Å². The smallest absolute Gasteiger partial charge is 0.325 e. The van der Waals surface area contributed by atoms with Gasteiger partial charge in [0.25, 0.3) is 11.8 Å². The molecule has 0 spiro atoms. The van der Waals surface area contributed by atoms with Crippen LogP contribution in [0.3, 0.4) is 0 Å². The molecule has 1 aliphatic heterocycles. The van der Waals surface area contributed by atoms with Crippen LogP contribution in [-0.4, -0.2) is 48.9 Å². The van der Waals surface area contributed by atoms with Gasteiger partial charge in [0, 0.05) is 13.1 Å². The molecule has 1 N–H and O–H groups in total. The summed E-state index contributed by atoms with van der Waals surface area (Å²) in [7, 11) is 0. The summed E-state index contributed by atoms with van der Waals surface area (Å²) in [5, 5.41) is 4.25. The summed E-state index contributed by atoms with van der Waals surface area (Å²) >= 11 is 1.29. The Morgan fingerprint density at radius 1 is 1.36 bits per heavy atom. The minimum absolute atomic E-state index is 0.176. The van der Waals surface area contributed by atoms with Gasteiger partial charge in [0.2, 0.25) is 0 Å². The lowest BCUT2D eigenvalue weighted by Crippen LogP contribution is -2.41. The normalized spacial score (nSPS) is 15.4. The van der Waals surface area contributed by atoms with Crippen LogP contribution >= 0.6 is 11.3 Å². The Balaban J connectivity index is 1.65. The second-order valence-corrected chi connectivity index (χ2v) is 6.33. The number of thiophene rings is 1. The molecule has 1 aromatic rings. The standard InChI is InChI=1S/C15H20N2O4S/c1-11-4-6-17(7-5-11)13(18)10-21-14(19)9-16-15(20)12-3-2-8-22-12/h2-3,8,11H,4-7,9-10H2,1H3,(H,16,20). The van der Waals surface area contributed by atoms with Crippen molar-refractivity contribution in [2.75, 3.05) is 26.2 Å². The fourth-order valence-corrected chi connectivity index (χ4v) is 2.83. The van der Waals surface area contributed by atoms with Crippen molar-refractivity contribution in [2.24, 2.45) is 5.92 Å². The van der Waals surface area contributed by atoms with Gasteiger partial charge in [-0.15, -0.1) is 11.3 Å². The molecule has 2 heterocycles. The molecule has 120 valence electrons. The van der Waals surface area contributed by atoms with Gasteiger partial charge in [-0.1, -0.05) is 13.0 Å². The highest BCUT2D eigenvalue weighted by Gasteiger charge is 2.21. The number of likely N-dealkylation sites (tertiary alicyclic amines) is 1. The molecule has 0 radical (unpaired) electrons. The lowest BCUT2D eigenvalue weighted by Gasteiger charge is -2.30. The summed E-state index contributed by atoms with van der Waals surface area (Å²) < 4.78 is 4.91. The Labute approximate surface area is 133 Å². The Morgan fingerprint density at radius 2 is 2.09 bits per heavy atom. The summed E-state index contributed by atoms with van der Waals surface area (Å²) in [6.07, 6.45) is 1.97. The van der Waals surface area contributed by atoms with Gasteiger partial charge in [0.05, 0.1) is 4.88 Å². The average Bonchev–Trinajstić information content (AvgIpc) is 3.05. The summed E-state index contributed by atoms with van der Waals surface area (Å²) in [5.74, 6) is -0.462. The monoisotopic (exact) mass is 324 g/mol. The SMILES string of the molecule is CC1CCN(C(=O)COC(=O)CNC(=O)c2cccs2)CC1. The highest BCUT2D eigenvalue weighted by molar-refractivity contribution is 7.12. The molecule has 2 rings (SSSR count). The van der Waals surface area contributed by atoms with E-state index in [0.29, 0.717) is 23.9 Å². The molecular weight excluding hydrogens is 304 g/mol. The van der Waals surface area contributed by atoms with Gasteiger partial charge in [0.1, 0.15) is 6.54 Å². The lowest BCUT2D eigenvalue weighted by molar-refractivity contribution is -0.151. The van der Waals surface area contributed by atoms with Crippen LogP contribution in [0.25, 0.3) is 0 Å². The van der Waals surface area contributed by atoms with E-state index in [1.807, 2.05) is 0 Å². The minimum atomic E-state index is -0.608. The number of carbonyl (C=O) groups is 3. The van der Waals surface area contributed by atoms with E-state index in [4.69, 9.17) is 4.74 Å². The van der Waals surface area contributed by atoms with Crippen molar-refractivity contribution in [1.82, 2.24) is 10.2 Å². The molecule has 0 unspecified atom stereocenters. The molecule has 7 heteroatoms. The highest BCUT2D eigenvalue weighted by atomic mass is 32.1. The predicted octanol–water partition coefficient (Wildman–Crippen LogP) is 1.28. The van der Waals surface area contributed by atoms with Gasteiger partial charge >= 0.3 is 5.97 Å². The second-order valence-electron chi connectivity index (χ2n) is 5.38. The van der Waals surface area contributed by atoms with E-state index in [1.165, 1.54) is 11.3 Å². The van der Waals surface area contributed by atoms with Crippen LogP contribution in [-0.2, 0) is 14.3 Å². The maximum absolute atomic E-state index is 11.9. The van der Waals surface area contributed by atoms with E-state index in [1.54, 1.807) is 22.4 Å². The number of piperidine rings is 1. The van der Waals surface area contributed by atoms with Crippen molar-refractivity contribution in [3.63, 3.8) is 0 Å². The van der Waals surface area contributed by atoms with Gasteiger partial charge in [-0.05, 0) is 30.2 Å². The number of hydrogen-bond acceptors (Lipinski definition) is 5. The van der Waals surface area contributed by atoms with Crippen molar-refractivity contribution in [1.29, 1.82) is 0 Å². The molecule has 2 amide bonds. The number of carbonyl (C=O) groups excluding carboxylic acids is 3. The van der Waals surface area contributed by atoms with Gasteiger partial charge in [-0.25, -0.2) is 0 Å². The number of rotatable bonds is 5. The molecule has 1 aliphatic rings. The Bertz CT molecular complexity index is 522. The van der Waals surface area contributed by atoms with Crippen LogP contribution in [0.15, 0.2) is 17.5 Å². The zero-order chi connectivity index (χ0) is 15.9. The first-order chi connectivity index (χ1) is 10.6. The summed E-state index contributed by atoms with van der Waals surface area (Å²) in [6.45, 7) is 3.10. The average molecular weight is 324 g/mol. The van der Waals surface area contributed by atoms with E-state index in [9.17, 15) is 14.4 Å². The van der Waals surface area contributed by atoms with E-state index in [0.717, 1.165) is 12.8 Å². The van der Waals surface area contributed by atoms with Gasteiger partial charge < -0.3 is 15.0 Å². The van der Waals surface area contributed by atoms with Crippen LogP contribution in [0.5, 0.6) is 0 Å². The molecule has 0 bridgehead atoms. The number of nitrogens with zero attached hydrogens (tertiary/aromatic N) is 1. The van der Waals surface area contributed by atoms with Crippen LogP contribution in [0, 0.1) is 5.92 Å². The largest absolute Gasteiger partial charge is 0.454 e. The van der Waals surface area contributed by atoms with Crippen molar-refractivity contribution in [3.05, 3.63) is 22.4 Å². The minimum Gasteiger partial charge on any atom is -0.454 e. The number of esters is 1. The van der Waals surface area contributed by atoms with Crippen molar-refractivity contribution in [2.45, 2.75) is 19.8 Å². The molecule has 0 atom stereocenters. The van der Waals surface area contributed by atoms with Gasteiger partial charge in [0.15, 0.2) is 6.61 Å². The molecular formula is C15H20N2O4S. The third kappa shape index (κ3) is 4.84. The lowest BCUT2D eigenvalue weighted by atomic mass is 9.99. The zero-order valence-corrected chi connectivity index (χ0v) is 13.4. The summed E-state index contributed by atoms with van der Waals surface area (Å²) in [4.78, 5) is 37.3. The fourth-order valence-electron chi connectivity index (χ4n) is 2.19. The van der Waals surface area contributed by atoms with Crippen molar-refractivity contribution in [3.8, 4) is 0 Å². The maximum Gasteiger partial charge on any atom is 0.325 e. The number of hydrogen-bond donors (Lipinski definition) is 1. The second kappa shape index (κ2) is 7.93. The first-order valence-electron chi connectivity index (χ1n) is 7.31. The molecule has 1 aromatic heterocycles. The van der Waals surface area contributed by atoms with E-state index in [2.05, 4.69) is 12.2 Å². The van der Waals surface area contributed by atoms with Gasteiger partial charge in [-0.2, -0.15) is 0 Å². The third-order valence-electron chi connectivity index (χ3n) is 3.63. The summed E-state index contributed by atoms with van der Waals surface area (Å²) in [6, 6.07) is 3.43. The zero-order valence-electron chi connectivity index (χ0n) is 12.5. The van der Waals surface area contributed by atoms with Crippen molar-refractivity contribution >= 4 is 29.1 Å². The predicted molar refractivity (Wildman–Crippen MR) is 82.6 cm³/mol. The Hall–Kier alpha value is -1.89. The quantitative estimate of drug-likeness (QED) is 0.828. The number of amides is 2. The molecule has 6 nitrogen and oxygen atoms in total. The first-order valence-corrected chi connectivity index (χ1v) is 8.19. The molecule has 1 saturated heterocycles. The summed E-state index contributed by atoms with van der Waals surface area (Å²) in [5.41, 5.74) is 0. The van der Waals surface area contributed by atoms with E-state index >= 15 is 0 Å². The number of nitrogens with one attached hydrogen (secondary N) is 1. The third-order valence-corrected chi connectivity index (χ3v) is 4.50. The fraction of sp³-hybridized carbons (Fsp3) is 0.533. The topological polar surface area (TPSA) is 75.7 Å². The van der Waals surface area contributed by atoms with E-state index < -0.39 is 5.97 Å². The molecule has 22 heavy (non-hydrogen) atoms. The molecule has 0 aliphatic carbocycles. The van der Waals surface area contributed by atoms with Crippen LogP contribution in [0.1, 0.15) is 29.4 Å². The number of ether oxygens (including phenoxy) is 1. The molecule has 0 aromatic carbocycles. The van der Waals surface area contributed by atoms with Crippen LogP contribution in [0.4, 0.5) is 0 Å². The molecule has 0 saturated carbocycles. The Morgan fingerprint density at radius 3 is 2.73 bits per heavy atom. The van der Waals surface area contributed by atoms with Crippen LogP contribution in [0.2, 0.25) is 0 Å². The maximum atomic E-state index is 11.9. The Kier molecular flexibility index (Phi) is 5.94. The first kappa shape index (κ1) is 16.5. The van der Waals surface area contributed by atoms with Gasteiger partial charge in [-0.3, -0.25) is 14.4 Å². The van der Waals surface area contributed by atoms with Crippen LogP contribution < -0.4 is 5.32 Å².